The van der Waals surface area contributed by atoms with Crippen molar-refractivity contribution in [2.75, 3.05) is 25.5 Å². The van der Waals surface area contributed by atoms with E-state index in [9.17, 15) is 24.1 Å². The van der Waals surface area contributed by atoms with E-state index in [1.54, 1.807) is 13.8 Å². The zero-order valence-corrected chi connectivity index (χ0v) is 19.3. The van der Waals surface area contributed by atoms with Gasteiger partial charge < -0.3 is 21.7 Å². The Labute approximate surface area is 192 Å². The van der Waals surface area contributed by atoms with E-state index in [-0.39, 0.29) is 24.2 Å². The van der Waals surface area contributed by atoms with E-state index in [2.05, 4.69) is 10.6 Å². The minimum absolute atomic E-state index is 0.0440. The number of hydrogen-bond acceptors (Lipinski definition) is 8. The fourth-order valence-electron chi connectivity index (χ4n) is 3.44. The fraction of sp³-hybridized carbons (Fsp3) is 0.789. The molecule has 3 atom stereocenters. The number of nitrogens with one attached hydrogen (secondary N) is 2. The van der Waals surface area contributed by atoms with Crippen molar-refractivity contribution in [1.82, 2.24) is 20.5 Å². The van der Waals surface area contributed by atoms with E-state index in [4.69, 9.17) is 23.1 Å². The number of carbonyl (C=O) groups is 4. The lowest BCUT2D eigenvalue weighted by atomic mass is 10.0. The molecule has 0 radical (unpaired) electrons. The number of amides is 5. The number of nitrogens with two attached hydrogens (primary N) is 2. The highest BCUT2D eigenvalue weighted by Gasteiger charge is 2.38. The summed E-state index contributed by atoms with van der Waals surface area (Å²) in [4.78, 5) is 62.4. The summed E-state index contributed by atoms with van der Waals surface area (Å²) in [6, 6.07) is -3.57. The first-order valence-electron chi connectivity index (χ1n) is 10.8. The van der Waals surface area contributed by atoms with E-state index in [1.165, 1.54) is 4.90 Å². The van der Waals surface area contributed by atoms with Crippen molar-refractivity contribution in [2.24, 2.45) is 22.7 Å². The van der Waals surface area contributed by atoms with Gasteiger partial charge in [0, 0.05) is 12.4 Å². The molecule has 0 aromatic heterocycles. The monoisotopic (exact) mass is 475 g/mol. The second kappa shape index (κ2) is 14.0. The highest BCUT2D eigenvalue weighted by Crippen LogP contribution is 2.20. The summed E-state index contributed by atoms with van der Waals surface area (Å²) < 4.78 is 0. The van der Waals surface area contributed by atoms with Crippen LogP contribution in [0.2, 0.25) is 0 Å². The van der Waals surface area contributed by atoms with Crippen LogP contribution >= 0.6 is 11.6 Å². The number of nitrogens with zero attached hydrogens (tertiary/aromatic N) is 3. The number of urea groups is 1. The molecule has 1 rings (SSSR count). The Bertz CT molecular complexity index is 678. The van der Waals surface area contributed by atoms with Crippen LogP contribution in [0.15, 0.2) is 5.29 Å². The first kappa shape index (κ1) is 27.7. The van der Waals surface area contributed by atoms with Crippen LogP contribution in [0, 0.1) is 10.8 Å². The van der Waals surface area contributed by atoms with Gasteiger partial charge in [0.25, 0.3) is 5.91 Å². The summed E-state index contributed by atoms with van der Waals surface area (Å²) in [5.74, 6) is -2.03. The van der Waals surface area contributed by atoms with Gasteiger partial charge in [0.1, 0.15) is 12.1 Å². The van der Waals surface area contributed by atoms with Gasteiger partial charge in [-0.15, -0.1) is 16.5 Å². The summed E-state index contributed by atoms with van der Waals surface area (Å²) in [6.07, 6.45) is 3.03. The van der Waals surface area contributed by atoms with Crippen molar-refractivity contribution in [3.05, 3.63) is 4.91 Å². The van der Waals surface area contributed by atoms with Gasteiger partial charge in [-0.25, -0.2) is 4.79 Å². The highest BCUT2D eigenvalue weighted by molar-refractivity contribution is 6.18. The van der Waals surface area contributed by atoms with Crippen LogP contribution in [-0.4, -0.2) is 77.3 Å². The number of imide groups is 1. The molecule has 1 heterocycles. The molecule has 0 bridgehead atoms. The lowest BCUT2D eigenvalue weighted by molar-refractivity contribution is -0.140. The predicted molar refractivity (Wildman–Crippen MR) is 119 cm³/mol. The molecule has 0 saturated carbocycles. The van der Waals surface area contributed by atoms with Crippen molar-refractivity contribution in [3.8, 4) is 0 Å². The number of rotatable bonds is 12. The number of carbonyl (C=O) groups excluding carboxylic acids is 4. The van der Waals surface area contributed by atoms with Gasteiger partial charge in [-0.05, 0) is 38.1 Å². The average molecular weight is 476 g/mol. The van der Waals surface area contributed by atoms with E-state index in [1.807, 2.05) is 5.32 Å². The number of likely N-dealkylation sites (tertiary alicyclic amines) is 1. The Morgan fingerprint density at radius 1 is 1.25 bits per heavy atom. The zero-order chi connectivity index (χ0) is 24.3. The van der Waals surface area contributed by atoms with Crippen LogP contribution in [0.1, 0.15) is 46.0 Å². The molecule has 0 aromatic carbocycles. The van der Waals surface area contributed by atoms with Crippen molar-refractivity contribution in [2.45, 2.75) is 64.1 Å². The smallest absolute Gasteiger partial charge is 0.342 e. The summed E-state index contributed by atoms with van der Waals surface area (Å²) in [7, 11) is 0. The zero-order valence-electron chi connectivity index (χ0n) is 18.6. The molecule has 6 N–H and O–H groups in total. The summed E-state index contributed by atoms with van der Waals surface area (Å²) in [6.45, 7) is 4.12. The molecule has 0 unspecified atom stereocenters. The third-order valence-electron chi connectivity index (χ3n) is 5.23. The Morgan fingerprint density at radius 3 is 2.50 bits per heavy atom. The Morgan fingerprint density at radius 2 is 1.94 bits per heavy atom. The molecule has 0 spiro atoms. The number of alkyl halides is 1. The molecule has 1 saturated heterocycles. The Kier molecular flexibility index (Phi) is 12.1. The SMILES string of the molecule is CC(C)[C@H](NC(=O)[C@@H]1CCCN1C(=O)[C@@H](N)CCCCN)C(=O)NC(=O)N(CCCl)N=O. The van der Waals surface area contributed by atoms with Gasteiger partial charge in [-0.1, -0.05) is 20.3 Å². The molecule has 12 nitrogen and oxygen atoms in total. The minimum atomic E-state index is -1.06. The van der Waals surface area contributed by atoms with Crippen LogP contribution in [0.5, 0.6) is 0 Å². The molecule has 182 valence electrons. The fourth-order valence-corrected chi connectivity index (χ4v) is 3.60. The van der Waals surface area contributed by atoms with Crippen LogP contribution in [0.25, 0.3) is 0 Å². The summed E-state index contributed by atoms with van der Waals surface area (Å²) in [5, 5.41) is 7.66. The molecule has 32 heavy (non-hydrogen) atoms. The third-order valence-corrected chi connectivity index (χ3v) is 5.40. The van der Waals surface area contributed by atoms with E-state index >= 15 is 0 Å². The molecule has 13 heteroatoms. The van der Waals surface area contributed by atoms with E-state index < -0.39 is 36.0 Å². The maximum absolute atomic E-state index is 12.9. The van der Waals surface area contributed by atoms with Gasteiger partial charge in [0.2, 0.25) is 11.8 Å². The van der Waals surface area contributed by atoms with Gasteiger partial charge in [-0.3, -0.25) is 19.7 Å². The van der Waals surface area contributed by atoms with E-state index in [0.717, 1.165) is 6.42 Å². The first-order chi connectivity index (χ1) is 15.2. The first-order valence-corrected chi connectivity index (χ1v) is 11.3. The van der Waals surface area contributed by atoms with Crippen LogP contribution in [-0.2, 0) is 14.4 Å². The molecule has 5 amide bonds. The quantitative estimate of drug-likeness (QED) is 0.133. The third kappa shape index (κ3) is 7.99. The topological polar surface area (TPSA) is 180 Å². The maximum Gasteiger partial charge on any atom is 0.347 e. The van der Waals surface area contributed by atoms with Crippen molar-refractivity contribution in [3.63, 3.8) is 0 Å². The normalized spacial score (nSPS) is 17.6. The minimum Gasteiger partial charge on any atom is -0.342 e. The van der Waals surface area contributed by atoms with Crippen LogP contribution < -0.4 is 22.1 Å². The molecule has 1 aliphatic rings. The van der Waals surface area contributed by atoms with Crippen LogP contribution in [0.3, 0.4) is 0 Å². The highest BCUT2D eigenvalue weighted by atomic mass is 35.5. The standard InChI is InChI=1S/C19H34ClN7O5/c1-12(2)15(17(29)24-19(31)27(25-32)11-8-20)23-16(28)14-7-5-10-26(14)18(30)13(22)6-3-4-9-21/h12-15H,3-11,21-22H2,1-2H3,(H,23,28)(H,24,29,31)/t13-,14-,15-/m0/s1. The van der Waals surface area contributed by atoms with Gasteiger partial charge >= 0.3 is 6.03 Å². The maximum atomic E-state index is 12.9. The number of hydrogen-bond donors (Lipinski definition) is 4. The van der Waals surface area contributed by atoms with Crippen molar-refractivity contribution < 1.29 is 19.2 Å². The molecule has 0 aliphatic carbocycles. The second-order valence-electron chi connectivity index (χ2n) is 8.00. The van der Waals surface area contributed by atoms with E-state index in [0.29, 0.717) is 43.8 Å². The van der Waals surface area contributed by atoms with Gasteiger partial charge in [0.05, 0.1) is 17.9 Å². The Hall–Kier alpha value is -2.31. The second-order valence-corrected chi connectivity index (χ2v) is 8.38. The van der Waals surface area contributed by atoms with Gasteiger partial charge in [0.15, 0.2) is 0 Å². The predicted octanol–water partition coefficient (Wildman–Crippen LogP) is 0.0329. The lowest BCUT2D eigenvalue weighted by Crippen LogP contribution is -2.57. The van der Waals surface area contributed by atoms with Gasteiger partial charge in [-0.2, -0.15) is 5.01 Å². The van der Waals surface area contributed by atoms with Crippen molar-refractivity contribution in [1.29, 1.82) is 0 Å². The van der Waals surface area contributed by atoms with Crippen LogP contribution in [0.4, 0.5) is 4.79 Å². The molecule has 1 fully saturated rings. The molecule has 1 aliphatic heterocycles. The molecular formula is C19H34ClN7O5. The van der Waals surface area contributed by atoms with Crippen molar-refractivity contribution >= 4 is 35.4 Å². The number of halogens is 1. The molecular weight excluding hydrogens is 442 g/mol. The largest absolute Gasteiger partial charge is 0.347 e. The average Bonchev–Trinajstić information content (AvgIpc) is 3.24. The summed E-state index contributed by atoms with van der Waals surface area (Å²) >= 11 is 5.50. The Balaban J connectivity index is 2.79. The molecule has 0 aromatic rings. The lowest BCUT2D eigenvalue weighted by Gasteiger charge is -2.29. The summed E-state index contributed by atoms with van der Waals surface area (Å²) in [5.41, 5.74) is 11.5. The number of unbranched alkanes of at least 4 members (excludes halogenated alkanes) is 1. The number of nitroso groups, excluding NO2 is 1.